The van der Waals surface area contributed by atoms with Gasteiger partial charge in [0.15, 0.2) is 0 Å². The first-order valence-electron chi connectivity index (χ1n) is 7.46. The summed E-state index contributed by atoms with van der Waals surface area (Å²) in [5.74, 6) is -0.512. The smallest absolute Gasteiger partial charge is 0.339 e. The van der Waals surface area contributed by atoms with Crippen molar-refractivity contribution in [3.63, 3.8) is 0 Å². The molecule has 2 rings (SSSR count). The highest BCUT2D eigenvalue weighted by Crippen LogP contribution is 2.18. The maximum atomic E-state index is 11.1. The van der Waals surface area contributed by atoms with Crippen LogP contribution in [0.25, 0.3) is 0 Å². The van der Waals surface area contributed by atoms with E-state index in [0.29, 0.717) is 12.4 Å². The quantitative estimate of drug-likeness (QED) is 0.815. The second-order valence-corrected chi connectivity index (χ2v) is 5.34. The number of rotatable bonds is 6. The Kier molecular flexibility index (Phi) is 6.02. The van der Waals surface area contributed by atoms with Gasteiger partial charge in [-0.1, -0.05) is 12.1 Å². The number of nitrogens with zero attached hydrogens (tertiary/aromatic N) is 1. The molecule has 1 heterocycles. The minimum Gasteiger partial charge on any atom is -0.493 e. The number of ether oxygens (including phenoxy) is 2. The molecule has 0 radical (unpaired) electrons. The van der Waals surface area contributed by atoms with Gasteiger partial charge in [0.1, 0.15) is 11.3 Å². The average molecular weight is 293 g/mol. The Morgan fingerprint density at radius 3 is 3.10 bits per heavy atom. The van der Waals surface area contributed by atoms with Crippen LogP contribution < -0.4 is 4.74 Å². The topological polar surface area (TPSA) is 59.0 Å². The van der Waals surface area contributed by atoms with Crippen molar-refractivity contribution in [3.8, 4) is 5.75 Å². The van der Waals surface area contributed by atoms with E-state index in [9.17, 15) is 4.79 Å². The molecule has 0 spiro atoms. The maximum Gasteiger partial charge on any atom is 0.339 e. The van der Waals surface area contributed by atoms with Gasteiger partial charge in [-0.3, -0.25) is 0 Å². The van der Waals surface area contributed by atoms with Crippen molar-refractivity contribution in [1.82, 2.24) is 4.90 Å². The van der Waals surface area contributed by atoms with E-state index in [4.69, 9.17) is 14.6 Å². The molecular weight excluding hydrogens is 270 g/mol. The van der Waals surface area contributed by atoms with Crippen LogP contribution in [0.1, 0.15) is 30.1 Å². The summed E-state index contributed by atoms with van der Waals surface area (Å²) in [4.78, 5) is 13.5. The van der Waals surface area contributed by atoms with Gasteiger partial charge in [-0.25, -0.2) is 4.79 Å². The number of para-hydroxylation sites is 1. The van der Waals surface area contributed by atoms with Crippen molar-refractivity contribution in [2.45, 2.75) is 25.9 Å². The van der Waals surface area contributed by atoms with E-state index < -0.39 is 5.97 Å². The normalized spacial score (nSPS) is 20.0. The van der Waals surface area contributed by atoms with Crippen LogP contribution in [0.2, 0.25) is 0 Å². The van der Waals surface area contributed by atoms with E-state index >= 15 is 0 Å². The summed E-state index contributed by atoms with van der Waals surface area (Å²) >= 11 is 0. The van der Waals surface area contributed by atoms with Gasteiger partial charge < -0.3 is 19.5 Å². The summed E-state index contributed by atoms with van der Waals surface area (Å²) in [6.45, 7) is 6.40. The largest absolute Gasteiger partial charge is 0.493 e. The van der Waals surface area contributed by atoms with E-state index in [1.807, 2.05) is 0 Å². The first-order chi connectivity index (χ1) is 10.2. The Labute approximate surface area is 125 Å². The molecule has 1 aliphatic rings. The summed E-state index contributed by atoms with van der Waals surface area (Å²) in [6, 6.07) is 6.75. The molecule has 0 saturated carbocycles. The zero-order chi connectivity index (χ0) is 15.1. The minimum atomic E-state index is -0.955. The Morgan fingerprint density at radius 1 is 1.48 bits per heavy atom. The maximum absolute atomic E-state index is 11.1. The van der Waals surface area contributed by atoms with Gasteiger partial charge in [-0.2, -0.15) is 0 Å². The number of hydrogen-bond acceptors (Lipinski definition) is 4. The second kappa shape index (κ2) is 8.00. The van der Waals surface area contributed by atoms with E-state index in [0.717, 1.165) is 39.1 Å². The molecule has 0 aromatic heterocycles. The molecule has 1 aromatic carbocycles. The molecule has 0 aliphatic carbocycles. The predicted octanol–water partition coefficient (Wildman–Crippen LogP) is 2.26. The zero-order valence-corrected chi connectivity index (χ0v) is 12.5. The van der Waals surface area contributed by atoms with E-state index in [-0.39, 0.29) is 11.7 Å². The monoisotopic (exact) mass is 293 g/mol. The standard InChI is InChI=1S/C16H23NO4/c1-13-12-17(8-4-10-20-13)9-5-11-21-15-7-3-2-6-14(15)16(18)19/h2-3,6-7,13H,4-5,8-12H2,1H3,(H,18,19). The molecule has 1 atom stereocenters. The van der Waals surface area contributed by atoms with Crippen LogP contribution in [-0.2, 0) is 4.74 Å². The lowest BCUT2D eigenvalue weighted by atomic mass is 10.2. The third kappa shape index (κ3) is 5.02. The van der Waals surface area contributed by atoms with Crippen LogP contribution in [0.15, 0.2) is 24.3 Å². The predicted molar refractivity (Wildman–Crippen MR) is 80.0 cm³/mol. The highest BCUT2D eigenvalue weighted by molar-refractivity contribution is 5.90. The molecular formula is C16H23NO4. The van der Waals surface area contributed by atoms with Gasteiger partial charge in [0.25, 0.3) is 0 Å². The molecule has 0 bridgehead atoms. The van der Waals surface area contributed by atoms with E-state index in [1.165, 1.54) is 0 Å². The van der Waals surface area contributed by atoms with Crippen molar-refractivity contribution < 1.29 is 19.4 Å². The van der Waals surface area contributed by atoms with Crippen molar-refractivity contribution in [1.29, 1.82) is 0 Å². The van der Waals surface area contributed by atoms with Crippen molar-refractivity contribution in [2.75, 3.05) is 32.8 Å². The number of carboxylic acids is 1. The third-order valence-corrected chi connectivity index (χ3v) is 3.53. The van der Waals surface area contributed by atoms with Crippen LogP contribution in [-0.4, -0.2) is 54.9 Å². The lowest BCUT2D eigenvalue weighted by Gasteiger charge is -2.21. The zero-order valence-electron chi connectivity index (χ0n) is 12.5. The van der Waals surface area contributed by atoms with Gasteiger partial charge >= 0.3 is 5.97 Å². The lowest BCUT2D eigenvalue weighted by Crippen LogP contribution is -2.31. The van der Waals surface area contributed by atoms with Crippen LogP contribution in [0.3, 0.4) is 0 Å². The molecule has 1 fully saturated rings. The molecule has 0 amide bonds. The van der Waals surface area contributed by atoms with E-state index in [1.54, 1.807) is 24.3 Å². The van der Waals surface area contributed by atoms with Crippen LogP contribution in [0.4, 0.5) is 0 Å². The van der Waals surface area contributed by atoms with Crippen molar-refractivity contribution in [2.24, 2.45) is 0 Å². The number of benzene rings is 1. The van der Waals surface area contributed by atoms with E-state index in [2.05, 4.69) is 11.8 Å². The van der Waals surface area contributed by atoms with Gasteiger partial charge in [-0.05, 0) is 31.9 Å². The molecule has 1 saturated heterocycles. The van der Waals surface area contributed by atoms with Gasteiger partial charge in [0, 0.05) is 26.2 Å². The number of aromatic carboxylic acids is 1. The fourth-order valence-corrected chi connectivity index (χ4v) is 2.52. The Morgan fingerprint density at radius 2 is 2.29 bits per heavy atom. The average Bonchev–Trinajstić information content (AvgIpc) is 2.68. The molecule has 1 unspecified atom stereocenters. The molecule has 21 heavy (non-hydrogen) atoms. The summed E-state index contributed by atoms with van der Waals surface area (Å²) in [5, 5.41) is 9.08. The van der Waals surface area contributed by atoms with Gasteiger partial charge in [0.05, 0.1) is 12.7 Å². The molecule has 1 N–H and O–H groups in total. The Hall–Kier alpha value is -1.59. The SMILES string of the molecule is CC1CN(CCCOc2ccccc2C(=O)O)CCCO1. The number of hydrogen-bond donors (Lipinski definition) is 1. The first kappa shape index (κ1) is 15.8. The van der Waals surface area contributed by atoms with Crippen molar-refractivity contribution in [3.05, 3.63) is 29.8 Å². The Bertz CT molecular complexity index is 463. The molecule has 5 heteroatoms. The van der Waals surface area contributed by atoms with Crippen LogP contribution in [0, 0.1) is 0 Å². The van der Waals surface area contributed by atoms with Crippen molar-refractivity contribution >= 4 is 5.97 Å². The highest BCUT2D eigenvalue weighted by Gasteiger charge is 2.14. The highest BCUT2D eigenvalue weighted by atomic mass is 16.5. The lowest BCUT2D eigenvalue weighted by molar-refractivity contribution is 0.0665. The molecule has 1 aliphatic heterocycles. The summed E-state index contributed by atoms with van der Waals surface area (Å²) < 4.78 is 11.2. The minimum absolute atomic E-state index is 0.217. The van der Waals surface area contributed by atoms with Crippen LogP contribution in [0.5, 0.6) is 5.75 Å². The molecule has 5 nitrogen and oxygen atoms in total. The second-order valence-electron chi connectivity index (χ2n) is 5.34. The number of carboxylic acid groups (broad SMARTS) is 1. The summed E-state index contributed by atoms with van der Waals surface area (Å²) in [5.41, 5.74) is 0.217. The Balaban J connectivity index is 1.76. The van der Waals surface area contributed by atoms with Crippen LogP contribution >= 0.6 is 0 Å². The van der Waals surface area contributed by atoms with Gasteiger partial charge in [-0.15, -0.1) is 0 Å². The third-order valence-electron chi connectivity index (χ3n) is 3.53. The summed E-state index contributed by atoms with van der Waals surface area (Å²) in [6.07, 6.45) is 2.22. The number of carbonyl (C=O) groups is 1. The fourth-order valence-electron chi connectivity index (χ4n) is 2.52. The summed E-state index contributed by atoms with van der Waals surface area (Å²) in [7, 11) is 0. The molecule has 1 aromatic rings. The first-order valence-corrected chi connectivity index (χ1v) is 7.46. The molecule has 116 valence electrons. The van der Waals surface area contributed by atoms with Gasteiger partial charge in [0.2, 0.25) is 0 Å². The fraction of sp³-hybridized carbons (Fsp3) is 0.562.